The first-order chi connectivity index (χ1) is 11.9. The second kappa shape index (κ2) is 7.49. The summed E-state index contributed by atoms with van der Waals surface area (Å²) in [6.07, 6.45) is 1.39. The third-order valence-electron chi connectivity index (χ3n) is 4.23. The summed E-state index contributed by atoms with van der Waals surface area (Å²) < 4.78 is 32.9. The van der Waals surface area contributed by atoms with E-state index in [2.05, 4.69) is 10.2 Å². The molecule has 0 N–H and O–H groups in total. The topological polar surface area (TPSA) is 72.4 Å². The standard InChI is InChI=1S/C18H23N3O3S/c1-14-5-3-6-16(11-14)13-25(22,23)21-10-4-7-17(12-21)24-18-9-8-15(2)19-20-18/h3,5-6,8-9,11,17H,4,7,10,12-13H2,1-2H3. The van der Waals surface area contributed by atoms with Crippen LogP contribution in [0.15, 0.2) is 36.4 Å². The van der Waals surface area contributed by atoms with Crippen LogP contribution in [0, 0.1) is 13.8 Å². The minimum absolute atomic E-state index is 0.0196. The highest BCUT2D eigenvalue weighted by atomic mass is 32.2. The van der Waals surface area contributed by atoms with E-state index in [-0.39, 0.29) is 11.9 Å². The monoisotopic (exact) mass is 361 g/mol. The Bertz CT molecular complexity index is 822. The van der Waals surface area contributed by atoms with Crippen LogP contribution in [-0.4, -0.2) is 42.1 Å². The van der Waals surface area contributed by atoms with E-state index < -0.39 is 10.0 Å². The predicted octanol–water partition coefficient (Wildman–Crippen LogP) is 2.47. The van der Waals surface area contributed by atoms with E-state index in [0.717, 1.165) is 29.7 Å². The Balaban J connectivity index is 1.66. The van der Waals surface area contributed by atoms with E-state index in [1.54, 1.807) is 6.07 Å². The summed E-state index contributed by atoms with van der Waals surface area (Å²) in [6.45, 7) is 4.71. The van der Waals surface area contributed by atoms with Gasteiger partial charge in [-0.1, -0.05) is 29.8 Å². The molecule has 1 saturated heterocycles. The Morgan fingerprint density at radius 1 is 1.20 bits per heavy atom. The average molecular weight is 361 g/mol. The molecule has 6 nitrogen and oxygen atoms in total. The van der Waals surface area contributed by atoms with Crippen molar-refractivity contribution in [1.29, 1.82) is 0 Å². The summed E-state index contributed by atoms with van der Waals surface area (Å²) >= 11 is 0. The number of piperidine rings is 1. The van der Waals surface area contributed by atoms with Crippen molar-refractivity contribution in [3.63, 3.8) is 0 Å². The second-order valence-corrected chi connectivity index (χ2v) is 8.47. The molecule has 2 heterocycles. The van der Waals surface area contributed by atoms with Crippen LogP contribution in [-0.2, 0) is 15.8 Å². The molecule has 0 saturated carbocycles. The highest BCUT2D eigenvalue weighted by Gasteiger charge is 2.30. The molecule has 1 aromatic heterocycles. The van der Waals surface area contributed by atoms with Gasteiger partial charge in [0.05, 0.1) is 18.0 Å². The van der Waals surface area contributed by atoms with Crippen LogP contribution in [0.4, 0.5) is 0 Å². The van der Waals surface area contributed by atoms with E-state index in [0.29, 0.717) is 19.0 Å². The summed E-state index contributed by atoms with van der Waals surface area (Å²) in [4.78, 5) is 0. The summed E-state index contributed by atoms with van der Waals surface area (Å²) in [6, 6.07) is 11.2. The fourth-order valence-corrected chi connectivity index (χ4v) is 4.56. The fraction of sp³-hybridized carbons (Fsp3) is 0.444. The van der Waals surface area contributed by atoms with Gasteiger partial charge in [-0.25, -0.2) is 8.42 Å². The van der Waals surface area contributed by atoms with Crippen molar-refractivity contribution in [2.45, 2.75) is 38.5 Å². The maximum atomic E-state index is 12.8. The smallest absolute Gasteiger partial charge is 0.233 e. The van der Waals surface area contributed by atoms with E-state index in [1.807, 2.05) is 44.2 Å². The van der Waals surface area contributed by atoms with Crippen LogP contribution in [0.3, 0.4) is 0 Å². The Labute approximate surface area is 148 Å². The number of nitrogens with zero attached hydrogens (tertiary/aromatic N) is 3. The fourth-order valence-electron chi connectivity index (χ4n) is 2.98. The minimum atomic E-state index is -3.37. The van der Waals surface area contributed by atoms with Crippen molar-refractivity contribution in [2.75, 3.05) is 13.1 Å². The third kappa shape index (κ3) is 4.76. The second-order valence-electron chi connectivity index (χ2n) is 6.50. The summed E-state index contributed by atoms with van der Waals surface area (Å²) in [5.41, 5.74) is 2.69. The Morgan fingerprint density at radius 3 is 2.76 bits per heavy atom. The zero-order valence-corrected chi connectivity index (χ0v) is 15.4. The summed E-state index contributed by atoms with van der Waals surface area (Å²) in [5, 5.41) is 7.97. The van der Waals surface area contributed by atoms with Gasteiger partial charge in [0.15, 0.2) is 0 Å². The molecular weight excluding hydrogens is 338 g/mol. The zero-order chi connectivity index (χ0) is 17.9. The molecule has 1 aliphatic heterocycles. The lowest BCUT2D eigenvalue weighted by molar-refractivity contribution is 0.123. The molecule has 7 heteroatoms. The SMILES string of the molecule is Cc1cccc(CS(=O)(=O)N2CCCC(Oc3ccc(C)nn3)C2)c1. The molecule has 1 aliphatic rings. The van der Waals surface area contributed by atoms with Crippen LogP contribution in [0.5, 0.6) is 5.88 Å². The van der Waals surface area contributed by atoms with Crippen molar-refractivity contribution < 1.29 is 13.2 Å². The van der Waals surface area contributed by atoms with Crippen molar-refractivity contribution in [3.05, 3.63) is 53.2 Å². The molecule has 1 fully saturated rings. The van der Waals surface area contributed by atoms with E-state index in [4.69, 9.17) is 4.74 Å². The molecule has 1 aromatic carbocycles. The van der Waals surface area contributed by atoms with Crippen molar-refractivity contribution in [2.24, 2.45) is 0 Å². The molecule has 3 rings (SSSR count). The van der Waals surface area contributed by atoms with Gasteiger partial charge < -0.3 is 4.74 Å². The molecule has 0 radical (unpaired) electrons. The highest BCUT2D eigenvalue weighted by Crippen LogP contribution is 2.21. The number of hydrogen-bond donors (Lipinski definition) is 0. The maximum absolute atomic E-state index is 12.8. The maximum Gasteiger partial charge on any atom is 0.233 e. The lowest BCUT2D eigenvalue weighted by Crippen LogP contribution is -2.44. The molecule has 1 unspecified atom stereocenters. The molecule has 25 heavy (non-hydrogen) atoms. The van der Waals surface area contributed by atoms with Crippen LogP contribution < -0.4 is 4.74 Å². The molecule has 0 amide bonds. The lowest BCUT2D eigenvalue weighted by Gasteiger charge is -2.31. The molecule has 2 aromatic rings. The lowest BCUT2D eigenvalue weighted by atomic mass is 10.1. The number of ether oxygens (including phenoxy) is 1. The van der Waals surface area contributed by atoms with Crippen molar-refractivity contribution in [1.82, 2.24) is 14.5 Å². The number of hydrogen-bond acceptors (Lipinski definition) is 5. The normalized spacial score (nSPS) is 18.9. The molecular formula is C18H23N3O3S. The van der Waals surface area contributed by atoms with Gasteiger partial charge in [-0.05, 0) is 38.3 Å². The van der Waals surface area contributed by atoms with Crippen LogP contribution >= 0.6 is 0 Å². The minimum Gasteiger partial charge on any atom is -0.472 e. The van der Waals surface area contributed by atoms with Crippen molar-refractivity contribution in [3.8, 4) is 5.88 Å². The first-order valence-corrected chi connectivity index (χ1v) is 10.0. The predicted molar refractivity (Wildman–Crippen MR) is 95.8 cm³/mol. The molecule has 0 aliphatic carbocycles. The highest BCUT2D eigenvalue weighted by molar-refractivity contribution is 7.88. The van der Waals surface area contributed by atoms with E-state index in [9.17, 15) is 8.42 Å². The van der Waals surface area contributed by atoms with Gasteiger partial charge in [0.2, 0.25) is 15.9 Å². The molecule has 134 valence electrons. The number of aromatic nitrogens is 2. The Hall–Kier alpha value is -1.99. The van der Waals surface area contributed by atoms with Crippen molar-refractivity contribution >= 4 is 10.0 Å². The first-order valence-electron chi connectivity index (χ1n) is 8.43. The number of sulfonamides is 1. The number of benzene rings is 1. The van der Waals surface area contributed by atoms with Gasteiger partial charge >= 0.3 is 0 Å². The molecule has 0 spiro atoms. The first kappa shape index (κ1) is 17.8. The van der Waals surface area contributed by atoms with Gasteiger partial charge in [-0.3, -0.25) is 0 Å². The average Bonchev–Trinajstić information content (AvgIpc) is 2.57. The van der Waals surface area contributed by atoms with Gasteiger partial charge in [0.1, 0.15) is 6.10 Å². The van der Waals surface area contributed by atoms with Gasteiger partial charge in [-0.2, -0.15) is 9.40 Å². The summed E-state index contributed by atoms with van der Waals surface area (Å²) in [7, 11) is -3.37. The largest absolute Gasteiger partial charge is 0.472 e. The Morgan fingerprint density at radius 2 is 2.04 bits per heavy atom. The molecule has 1 atom stereocenters. The summed E-state index contributed by atoms with van der Waals surface area (Å²) in [5.74, 6) is 0.458. The third-order valence-corrected chi connectivity index (χ3v) is 6.04. The van der Waals surface area contributed by atoms with Crippen LogP contribution in [0.25, 0.3) is 0 Å². The van der Waals surface area contributed by atoms with Crippen LogP contribution in [0.2, 0.25) is 0 Å². The van der Waals surface area contributed by atoms with Gasteiger partial charge in [0.25, 0.3) is 0 Å². The molecule has 0 bridgehead atoms. The zero-order valence-electron chi connectivity index (χ0n) is 14.6. The number of rotatable bonds is 5. The van der Waals surface area contributed by atoms with Gasteiger partial charge in [-0.15, -0.1) is 5.10 Å². The Kier molecular flexibility index (Phi) is 5.34. The van der Waals surface area contributed by atoms with E-state index >= 15 is 0 Å². The van der Waals surface area contributed by atoms with Gasteiger partial charge in [0, 0.05) is 12.6 Å². The van der Waals surface area contributed by atoms with E-state index in [1.165, 1.54) is 4.31 Å². The number of aryl methyl sites for hydroxylation is 2. The van der Waals surface area contributed by atoms with Crippen LogP contribution in [0.1, 0.15) is 29.7 Å². The quantitative estimate of drug-likeness (QED) is 0.818.